The van der Waals surface area contributed by atoms with Crippen molar-refractivity contribution >= 4 is 16.8 Å². The minimum atomic E-state index is -0.128. The van der Waals surface area contributed by atoms with E-state index in [2.05, 4.69) is 15.0 Å². The molecule has 3 aromatic rings. The molecule has 2 aromatic heterocycles. The number of imidazole rings is 1. The second-order valence-electron chi connectivity index (χ2n) is 6.14. The number of aromatic nitrogens is 3. The number of nitrogens with one attached hydrogen (secondary N) is 1. The monoisotopic (exact) mass is 369 g/mol. The van der Waals surface area contributed by atoms with Crippen LogP contribution in [-0.2, 0) is 11.2 Å². The van der Waals surface area contributed by atoms with E-state index in [1.54, 1.807) is 26.5 Å². The minimum absolute atomic E-state index is 0.128. The third-order valence-electron chi connectivity index (χ3n) is 4.29. The highest BCUT2D eigenvalue weighted by molar-refractivity contribution is 5.97. The van der Waals surface area contributed by atoms with Crippen molar-refractivity contribution in [1.82, 2.24) is 15.0 Å². The zero-order chi connectivity index (χ0) is 19.2. The van der Waals surface area contributed by atoms with Crippen LogP contribution < -0.4 is 9.47 Å². The van der Waals surface area contributed by atoms with Crippen LogP contribution in [0.15, 0.2) is 30.5 Å². The molecule has 0 amide bonds. The Labute approximate surface area is 157 Å². The van der Waals surface area contributed by atoms with Gasteiger partial charge in [0.25, 0.3) is 0 Å². The van der Waals surface area contributed by atoms with Crippen LogP contribution in [0.25, 0.3) is 11.0 Å². The van der Waals surface area contributed by atoms with Gasteiger partial charge in [-0.15, -0.1) is 0 Å². The van der Waals surface area contributed by atoms with E-state index in [0.717, 1.165) is 23.3 Å². The molecule has 2 heterocycles. The normalized spacial score (nSPS) is 10.9. The maximum Gasteiger partial charge on any atom is 0.204 e. The number of aromatic amines is 1. The SMILES string of the molecule is COCCCOc1ccnc(CC(=O)c2nc3cc(OC)ccc3[nH]2)c1C. The lowest BCUT2D eigenvalue weighted by atomic mass is 10.1. The number of ether oxygens (including phenoxy) is 3. The Morgan fingerprint density at radius 2 is 2.04 bits per heavy atom. The minimum Gasteiger partial charge on any atom is -0.497 e. The molecule has 7 nitrogen and oxygen atoms in total. The van der Waals surface area contributed by atoms with Gasteiger partial charge in [-0.05, 0) is 25.1 Å². The van der Waals surface area contributed by atoms with E-state index in [0.29, 0.717) is 36.0 Å². The van der Waals surface area contributed by atoms with Crippen molar-refractivity contribution in [3.8, 4) is 11.5 Å². The molecule has 0 aliphatic rings. The lowest BCUT2D eigenvalue weighted by Crippen LogP contribution is -2.10. The zero-order valence-corrected chi connectivity index (χ0v) is 15.7. The van der Waals surface area contributed by atoms with E-state index in [9.17, 15) is 4.79 Å². The maximum atomic E-state index is 12.7. The highest BCUT2D eigenvalue weighted by atomic mass is 16.5. The molecule has 142 valence electrons. The number of hydrogen-bond donors (Lipinski definition) is 1. The summed E-state index contributed by atoms with van der Waals surface area (Å²) < 4.78 is 16.0. The molecule has 1 N–H and O–H groups in total. The van der Waals surface area contributed by atoms with E-state index >= 15 is 0 Å². The van der Waals surface area contributed by atoms with Crippen LogP contribution in [0.2, 0.25) is 0 Å². The van der Waals surface area contributed by atoms with Crippen LogP contribution in [0.3, 0.4) is 0 Å². The van der Waals surface area contributed by atoms with Gasteiger partial charge in [0.15, 0.2) is 5.82 Å². The highest BCUT2D eigenvalue weighted by Gasteiger charge is 2.16. The second kappa shape index (κ2) is 8.64. The standard InChI is InChI=1S/C20H23N3O4/c1-13-16(21-8-7-19(13)27-10-4-9-25-2)12-18(24)20-22-15-6-5-14(26-3)11-17(15)23-20/h5-8,11H,4,9-10,12H2,1-3H3,(H,22,23). The van der Waals surface area contributed by atoms with Gasteiger partial charge in [-0.1, -0.05) is 0 Å². The van der Waals surface area contributed by atoms with Gasteiger partial charge < -0.3 is 19.2 Å². The van der Waals surface area contributed by atoms with Crippen molar-refractivity contribution in [3.63, 3.8) is 0 Å². The number of benzene rings is 1. The number of rotatable bonds is 9. The summed E-state index contributed by atoms with van der Waals surface area (Å²) in [5.74, 6) is 1.62. The van der Waals surface area contributed by atoms with Crippen molar-refractivity contribution in [2.45, 2.75) is 19.8 Å². The van der Waals surface area contributed by atoms with E-state index in [4.69, 9.17) is 14.2 Å². The molecule has 0 aliphatic carbocycles. The first kappa shape index (κ1) is 18.8. The Morgan fingerprint density at radius 1 is 1.19 bits per heavy atom. The number of methoxy groups -OCH3 is 2. The lowest BCUT2D eigenvalue weighted by molar-refractivity contribution is 0.0983. The Bertz CT molecular complexity index is 936. The molecule has 0 atom stereocenters. The molecular formula is C20H23N3O4. The number of pyridine rings is 1. The first-order valence-electron chi connectivity index (χ1n) is 8.75. The van der Waals surface area contributed by atoms with Gasteiger partial charge in [-0.25, -0.2) is 4.98 Å². The number of H-pyrrole nitrogens is 1. The fourth-order valence-corrected chi connectivity index (χ4v) is 2.76. The first-order chi connectivity index (χ1) is 13.1. The summed E-state index contributed by atoms with van der Waals surface area (Å²) in [5.41, 5.74) is 3.03. The molecule has 27 heavy (non-hydrogen) atoms. The summed E-state index contributed by atoms with van der Waals surface area (Å²) >= 11 is 0. The average molecular weight is 369 g/mol. The number of carbonyl (C=O) groups excluding carboxylic acids is 1. The summed E-state index contributed by atoms with van der Waals surface area (Å²) in [4.78, 5) is 24.5. The molecule has 7 heteroatoms. The maximum absolute atomic E-state index is 12.7. The molecule has 0 fully saturated rings. The Kier molecular flexibility index (Phi) is 6.03. The molecular weight excluding hydrogens is 346 g/mol. The molecule has 0 spiro atoms. The van der Waals surface area contributed by atoms with Crippen molar-refractivity contribution in [1.29, 1.82) is 0 Å². The van der Waals surface area contributed by atoms with Crippen LogP contribution in [-0.4, -0.2) is 48.2 Å². The smallest absolute Gasteiger partial charge is 0.204 e. The van der Waals surface area contributed by atoms with Gasteiger partial charge in [-0.2, -0.15) is 0 Å². The number of hydrogen-bond acceptors (Lipinski definition) is 6. The van der Waals surface area contributed by atoms with Crippen LogP contribution in [0.1, 0.15) is 28.3 Å². The van der Waals surface area contributed by atoms with Crippen LogP contribution in [0, 0.1) is 6.92 Å². The number of fused-ring (bicyclic) bond motifs is 1. The van der Waals surface area contributed by atoms with Gasteiger partial charge in [-0.3, -0.25) is 9.78 Å². The first-order valence-corrected chi connectivity index (χ1v) is 8.75. The van der Waals surface area contributed by atoms with E-state index in [1.807, 2.05) is 25.1 Å². The summed E-state index contributed by atoms with van der Waals surface area (Å²) in [6, 6.07) is 7.27. The van der Waals surface area contributed by atoms with E-state index < -0.39 is 0 Å². The Balaban J connectivity index is 1.73. The third kappa shape index (κ3) is 4.43. The van der Waals surface area contributed by atoms with Gasteiger partial charge in [0.2, 0.25) is 5.78 Å². The highest BCUT2D eigenvalue weighted by Crippen LogP contribution is 2.22. The fraction of sp³-hybridized carbons (Fsp3) is 0.350. The van der Waals surface area contributed by atoms with Crippen molar-refractivity contribution in [2.75, 3.05) is 27.4 Å². The summed E-state index contributed by atoms with van der Waals surface area (Å²) in [7, 11) is 3.26. The molecule has 1 aromatic carbocycles. The molecule has 0 unspecified atom stereocenters. The van der Waals surface area contributed by atoms with Crippen LogP contribution >= 0.6 is 0 Å². The van der Waals surface area contributed by atoms with E-state index in [1.165, 1.54) is 0 Å². The second-order valence-corrected chi connectivity index (χ2v) is 6.14. The van der Waals surface area contributed by atoms with Gasteiger partial charge in [0, 0.05) is 38.0 Å². The van der Waals surface area contributed by atoms with Crippen LogP contribution in [0.5, 0.6) is 11.5 Å². The van der Waals surface area contributed by atoms with Crippen LogP contribution in [0.4, 0.5) is 0 Å². The Hall–Kier alpha value is -2.93. The number of nitrogens with zero attached hydrogens (tertiary/aromatic N) is 2. The number of Topliss-reactive ketones (excluding diaryl/α,β-unsaturated/α-hetero) is 1. The van der Waals surface area contributed by atoms with Gasteiger partial charge in [0.1, 0.15) is 11.5 Å². The lowest BCUT2D eigenvalue weighted by Gasteiger charge is -2.11. The fourth-order valence-electron chi connectivity index (χ4n) is 2.76. The van der Waals surface area contributed by atoms with Gasteiger partial charge >= 0.3 is 0 Å². The predicted octanol–water partition coefficient (Wildman–Crippen LogP) is 3.12. The van der Waals surface area contributed by atoms with Crippen molar-refractivity contribution in [3.05, 3.63) is 47.5 Å². The number of carbonyl (C=O) groups is 1. The molecule has 0 aliphatic heterocycles. The molecule has 0 saturated heterocycles. The topological polar surface area (TPSA) is 86.3 Å². The summed E-state index contributed by atoms with van der Waals surface area (Å²) in [5, 5.41) is 0. The molecule has 3 rings (SSSR count). The van der Waals surface area contributed by atoms with E-state index in [-0.39, 0.29) is 12.2 Å². The quantitative estimate of drug-likeness (QED) is 0.461. The largest absolute Gasteiger partial charge is 0.497 e. The molecule has 0 bridgehead atoms. The summed E-state index contributed by atoms with van der Waals surface area (Å²) in [6.07, 6.45) is 2.61. The number of ketones is 1. The molecule has 0 radical (unpaired) electrons. The van der Waals surface area contributed by atoms with Crippen molar-refractivity contribution in [2.24, 2.45) is 0 Å². The summed E-state index contributed by atoms with van der Waals surface area (Å²) in [6.45, 7) is 3.11. The van der Waals surface area contributed by atoms with Gasteiger partial charge in [0.05, 0.1) is 36.9 Å². The Morgan fingerprint density at radius 3 is 2.81 bits per heavy atom. The zero-order valence-electron chi connectivity index (χ0n) is 15.7. The third-order valence-corrected chi connectivity index (χ3v) is 4.29. The predicted molar refractivity (Wildman–Crippen MR) is 102 cm³/mol. The van der Waals surface area contributed by atoms with Crippen molar-refractivity contribution < 1.29 is 19.0 Å². The average Bonchev–Trinajstić information content (AvgIpc) is 3.11. The molecule has 0 saturated carbocycles.